The van der Waals surface area contributed by atoms with Crippen LogP contribution in [0.3, 0.4) is 0 Å². The number of benzene rings is 1. The van der Waals surface area contributed by atoms with Crippen molar-refractivity contribution in [2.75, 3.05) is 5.32 Å². The lowest BCUT2D eigenvalue weighted by Crippen LogP contribution is -2.32. The number of pyridine rings is 1. The number of rotatable bonds is 7. The average Bonchev–Trinajstić information content (AvgIpc) is 2.71. The van der Waals surface area contributed by atoms with Crippen molar-refractivity contribution in [2.24, 2.45) is 5.73 Å². The van der Waals surface area contributed by atoms with Crippen LogP contribution in [-0.2, 0) is 17.8 Å². The number of carbonyl (C=O) groups excluding carboxylic acids is 2. The predicted octanol–water partition coefficient (Wildman–Crippen LogP) is 1.90. The summed E-state index contributed by atoms with van der Waals surface area (Å²) in [7, 11) is 0. The molecule has 0 unspecified atom stereocenters. The number of nitrogens with two attached hydrogens (primary N) is 1. The van der Waals surface area contributed by atoms with E-state index in [-0.39, 0.29) is 28.9 Å². The molecule has 0 radical (unpaired) electrons. The maximum Gasteiger partial charge on any atom is 0.329 e. The summed E-state index contributed by atoms with van der Waals surface area (Å²) in [4.78, 5) is 55.9. The van der Waals surface area contributed by atoms with Crippen LogP contribution in [0.1, 0.15) is 54.7 Å². The summed E-state index contributed by atoms with van der Waals surface area (Å²) in [5.74, 6) is -0.962. The average molecular weight is 423 g/mol. The number of aryl methyl sites for hydroxylation is 1. The summed E-state index contributed by atoms with van der Waals surface area (Å²) >= 11 is 0. The lowest BCUT2D eigenvalue weighted by Gasteiger charge is -2.14. The van der Waals surface area contributed by atoms with Gasteiger partial charge < -0.3 is 11.1 Å². The zero-order valence-electron chi connectivity index (χ0n) is 17.7. The van der Waals surface area contributed by atoms with Gasteiger partial charge >= 0.3 is 5.69 Å². The van der Waals surface area contributed by atoms with Crippen molar-refractivity contribution in [3.8, 4) is 0 Å². The van der Waals surface area contributed by atoms with E-state index in [1.54, 1.807) is 30.3 Å². The zero-order chi connectivity index (χ0) is 22.7. The number of aromatic amines is 1. The Kier molecular flexibility index (Phi) is 6.33. The second-order valence-corrected chi connectivity index (χ2v) is 7.65. The number of H-pyrrole nitrogens is 1. The van der Waals surface area contributed by atoms with E-state index in [1.807, 2.05) is 20.8 Å². The smallest absolute Gasteiger partial charge is 0.329 e. The molecule has 2 aromatic heterocycles. The molecule has 2 amide bonds. The lowest BCUT2D eigenvalue weighted by atomic mass is 10.0. The number of carbonyl (C=O) groups is 2. The van der Waals surface area contributed by atoms with Gasteiger partial charge in [-0.15, -0.1) is 0 Å². The number of nitrogens with one attached hydrogen (secondary N) is 2. The van der Waals surface area contributed by atoms with Crippen LogP contribution in [0.25, 0.3) is 11.0 Å². The monoisotopic (exact) mass is 423 g/mol. The Morgan fingerprint density at radius 3 is 2.45 bits per heavy atom. The van der Waals surface area contributed by atoms with Gasteiger partial charge in [-0.3, -0.25) is 23.9 Å². The number of aromatic nitrogens is 3. The summed E-state index contributed by atoms with van der Waals surface area (Å²) in [6.45, 7) is 6.11. The molecule has 3 rings (SSSR count). The van der Waals surface area contributed by atoms with Crippen LogP contribution in [0.2, 0.25) is 0 Å². The van der Waals surface area contributed by atoms with Crippen LogP contribution >= 0.6 is 0 Å². The molecule has 0 saturated heterocycles. The van der Waals surface area contributed by atoms with Crippen molar-refractivity contribution >= 4 is 28.5 Å². The standard InChI is InChI=1S/C22H25N5O4/c1-4-9-27-19-18(21(30)26-22(27)31)15(11-16(25-19)12(2)3)20(29)24-14-7-5-13(6-8-14)10-17(23)28/h5-8,11-12H,4,9-10H2,1-3H3,(H2,23,28)(H,24,29)(H,26,30,31). The van der Waals surface area contributed by atoms with Crippen molar-refractivity contribution in [3.05, 3.63) is 68.0 Å². The van der Waals surface area contributed by atoms with Crippen LogP contribution in [0.15, 0.2) is 39.9 Å². The van der Waals surface area contributed by atoms with E-state index in [2.05, 4.69) is 15.3 Å². The highest BCUT2D eigenvalue weighted by Crippen LogP contribution is 2.21. The summed E-state index contributed by atoms with van der Waals surface area (Å²) in [6, 6.07) is 8.27. The van der Waals surface area contributed by atoms with Gasteiger partial charge in [0.05, 0.1) is 17.4 Å². The first-order chi connectivity index (χ1) is 14.7. The predicted molar refractivity (Wildman–Crippen MR) is 118 cm³/mol. The largest absolute Gasteiger partial charge is 0.369 e. The number of hydrogen-bond donors (Lipinski definition) is 3. The first-order valence-electron chi connectivity index (χ1n) is 10.1. The van der Waals surface area contributed by atoms with Crippen molar-refractivity contribution < 1.29 is 9.59 Å². The van der Waals surface area contributed by atoms with E-state index < -0.39 is 23.1 Å². The molecule has 0 aliphatic rings. The molecular formula is C22H25N5O4. The lowest BCUT2D eigenvalue weighted by molar-refractivity contribution is -0.117. The quantitative estimate of drug-likeness (QED) is 0.532. The SMILES string of the molecule is CCCn1c(=O)[nH]c(=O)c2c(C(=O)Nc3ccc(CC(N)=O)cc3)cc(C(C)C)nc21. The minimum atomic E-state index is -0.655. The first-order valence-corrected chi connectivity index (χ1v) is 10.1. The molecule has 4 N–H and O–H groups in total. The Balaban J connectivity index is 2.10. The fourth-order valence-corrected chi connectivity index (χ4v) is 3.30. The van der Waals surface area contributed by atoms with E-state index in [9.17, 15) is 19.2 Å². The normalized spacial score (nSPS) is 11.1. The second-order valence-electron chi connectivity index (χ2n) is 7.65. The minimum Gasteiger partial charge on any atom is -0.369 e. The first kappa shape index (κ1) is 21.9. The molecule has 0 atom stereocenters. The van der Waals surface area contributed by atoms with Crippen LogP contribution in [0, 0.1) is 0 Å². The molecule has 1 aromatic carbocycles. The van der Waals surface area contributed by atoms with Crippen molar-refractivity contribution in [1.29, 1.82) is 0 Å². The van der Waals surface area contributed by atoms with Gasteiger partial charge in [0, 0.05) is 17.9 Å². The fraction of sp³-hybridized carbons (Fsp3) is 0.318. The van der Waals surface area contributed by atoms with Gasteiger partial charge in [-0.25, -0.2) is 9.78 Å². The molecule has 9 nitrogen and oxygen atoms in total. The Hall–Kier alpha value is -3.75. The fourth-order valence-electron chi connectivity index (χ4n) is 3.30. The van der Waals surface area contributed by atoms with Gasteiger partial charge in [-0.2, -0.15) is 0 Å². The number of hydrogen-bond acceptors (Lipinski definition) is 5. The Morgan fingerprint density at radius 1 is 1.19 bits per heavy atom. The summed E-state index contributed by atoms with van der Waals surface area (Å²) in [6.07, 6.45) is 0.763. The molecule has 162 valence electrons. The van der Waals surface area contributed by atoms with E-state index in [0.29, 0.717) is 24.3 Å². The molecule has 9 heteroatoms. The Bertz CT molecular complexity index is 1260. The highest BCUT2D eigenvalue weighted by atomic mass is 16.2. The van der Waals surface area contributed by atoms with Crippen LogP contribution < -0.4 is 22.3 Å². The van der Waals surface area contributed by atoms with Crippen LogP contribution in [-0.4, -0.2) is 26.3 Å². The molecule has 2 heterocycles. The highest BCUT2D eigenvalue weighted by Gasteiger charge is 2.20. The van der Waals surface area contributed by atoms with Crippen molar-refractivity contribution in [3.63, 3.8) is 0 Å². The Labute approximate surface area is 178 Å². The maximum absolute atomic E-state index is 13.1. The number of nitrogens with zero attached hydrogens (tertiary/aromatic N) is 2. The summed E-state index contributed by atoms with van der Waals surface area (Å²) in [5.41, 5.74) is 6.15. The van der Waals surface area contributed by atoms with Crippen molar-refractivity contribution in [2.45, 2.75) is 46.1 Å². The third-order valence-corrected chi connectivity index (χ3v) is 4.84. The molecule has 0 fully saturated rings. The molecule has 0 aliphatic heterocycles. The highest BCUT2D eigenvalue weighted by molar-refractivity contribution is 6.11. The van der Waals surface area contributed by atoms with Gasteiger partial charge in [-0.05, 0) is 36.1 Å². The van der Waals surface area contributed by atoms with Gasteiger partial charge in [0.25, 0.3) is 11.5 Å². The zero-order valence-corrected chi connectivity index (χ0v) is 17.7. The summed E-state index contributed by atoms with van der Waals surface area (Å²) in [5, 5.41) is 2.84. The van der Waals surface area contributed by atoms with Gasteiger partial charge in [-0.1, -0.05) is 32.9 Å². The minimum absolute atomic E-state index is 0.0199. The number of anilines is 1. The molecule has 0 bridgehead atoms. The van der Waals surface area contributed by atoms with Crippen LogP contribution in [0.4, 0.5) is 5.69 Å². The molecule has 31 heavy (non-hydrogen) atoms. The molecule has 0 spiro atoms. The molecule has 3 aromatic rings. The van der Waals surface area contributed by atoms with Gasteiger partial charge in [0.2, 0.25) is 5.91 Å². The topological polar surface area (TPSA) is 140 Å². The second kappa shape index (κ2) is 8.95. The van der Waals surface area contributed by atoms with Crippen molar-refractivity contribution in [1.82, 2.24) is 14.5 Å². The van der Waals surface area contributed by atoms with E-state index in [1.165, 1.54) is 4.57 Å². The molecular weight excluding hydrogens is 398 g/mol. The number of fused-ring (bicyclic) bond motifs is 1. The third kappa shape index (κ3) is 4.71. The number of amides is 2. The third-order valence-electron chi connectivity index (χ3n) is 4.84. The Morgan fingerprint density at radius 2 is 1.87 bits per heavy atom. The van der Waals surface area contributed by atoms with Gasteiger partial charge in [0.15, 0.2) is 5.65 Å². The maximum atomic E-state index is 13.1. The number of primary amides is 1. The summed E-state index contributed by atoms with van der Waals surface area (Å²) < 4.78 is 1.39. The van der Waals surface area contributed by atoms with E-state index >= 15 is 0 Å². The molecule has 0 aliphatic carbocycles. The van der Waals surface area contributed by atoms with E-state index in [4.69, 9.17) is 5.73 Å². The van der Waals surface area contributed by atoms with Gasteiger partial charge in [0.1, 0.15) is 0 Å². The van der Waals surface area contributed by atoms with Crippen LogP contribution in [0.5, 0.6) is 0 Å². The van der Waals surface area contributed by atoms with E-state index in [0.717, 1.165) is 5.56 Å². The molecule has 0 saturated carbocycles.